The van der Waals surface area contributed by atoms with Crippen LogP contribution in [0.5, 0.6) is 5.75 Å². The van der Waals surface area contributed by atoms with Gasteiger partial charge in [0.15, 0.2) is 0 Å². The molecule has 8 nitrogen and oxygen atoms in total. The SMILES string of the molecule is CN(C)C(=O)c1ccc(OCCCCC2CCN(C(=O)[C@](O)(c3cccc(-c4cnn(C)c4)c3)C(F)(F)F)CC2)cc1Cl. The molecule has 2 aromatic carbocycles. The zero-order chi connectivity index (χ0) is 31.4. The molecule has 2 heterocycles. The van der Waals surface area contributed by atoms with Crippen molar-refractivity contribution in [1.29, 1.82) is 0 Å². The molecule has 2 amide bonds. The zero-order valence-electron chi connectivity index (χ0n) is 24.4. The molecule has 1 fully saturated rings. The lowest BCUT2D eigenvalue weighted by molar-refractivity contribution is -0.262. The Balaban J connectivity index is 1.29. The van der Waals surface area contributed by atoms with Gasteiger partial charge in [0, 0.05) is 51.6 Å². The van der Waals surface area contributed by atoms with Crippen LogP contribution >= 0.6 is 11.6 Å². The number of halogens is 4. The van der Waals surface area contributed by atoms with E-state index in [0.29, 0.717) is 46.9 Å². The molecule has 1 aromatic heterocycles. The predicted octanol–water partition coefficient (Wildman–Crippen LogP) is 5.68. The van der Waals surface area contributed by atoms with Gasteiger partial charge in [-0.05, 0) is 61.4 Å². The standard InChI is InChI=1S/C31H36ClF3N4O4/c1-37(2)28(40)26-11-10-25(18-27(26)32)43-16-5-4-7-21-12-14-39(15-13-21)29(41)30(42,31(33,34)35)24-9-6-8-22(17-24)23-19-36-38(3)20-23/h6,8-11,17-21,42H,4-5,7,12-16H2,1-3H3/t30-/m1/s1. The second-order valence-corrected chi connectivity index (χ2v) is 11.5. The molecule has 1 atom stereocenters. The van der Waals surface area contributed by atoms with Crippen molar-refractivity contribution in [2.75, 3.05) is 33.8 Å². The van der Waals surface area contributed by atoms with Crippen LogP contribution in [0.25, 0.3) is 11.1 Å². The van der Waals surface area contributed by atoms with E-state index < -0.39 is 23.2 Å². The predicted molar refractivity (Wildman–Crippen MR) is 157 cm³/mol. The summed E-state index contributed by atoms with van der Waals surface area (Å²) in [6.07, 6.45) is 1.49. The summed E-state index contributed by atoms with van der Waals surface area (Å²) in [6, 6.07) is 10.3. The second-order valence-electron chi connectivity index (χ2n) is 11.1. The number of carbonyl (C=O) groups is 2. The van der Waals surface area contributed by atoms with E-state index in [4.69, 9.17) is 16.3 Å². The molecule has 0 radical (unpaired) electrons. The average molecular weight is 621 g/mol. The summed E-state index contributed by atoms with van der Waals surface area (Å²) in [5.41, 5.74) is -2.78. The number of aliphatic hydroxyl groups is 1. The van der Waals surface area contributed by atoms with Gasteiger partial charge in [0.05, 0.1) is 23.4 Å². The Morgan fingerprint density at radius 3 is 2.42 bits per heavy atom. The Morgan fingerprint density at radius 2 is 1.81 bits per heavy atom. The van der Waals surface area contributed by atoms with E-state index in [1.807, 2.05) is 0 Å². The number of benzene rings is 2. The number of aryl methyl sites for hydroxylation is 1. The van der Waals surface area contributed by atoms with Crippen LogP contribution in [0.3, 0.4) is 0 Å². The number of hydrogen-bond donors (Lipinski definition) is 1. The van der Waals surface area contributed by atoms with E-state index in [9.17, 15) is 27.9 Å². The first-order valence-electron chi connectivity index (χ1n) is 14.1. The number of piperidine rings is 1. The van der Waals surface area contributed by atoms with Crippen LogP contribution in [0.1, 0.15) is 48.0 Å². The number of ether oxygens (including phenoxy) is 1. The summed E-state index contributed by atoms with van der Waals surface area (Å²) in [5.74, 6) is -0.729. The molecule has 4 rings (SSSR count). The number of hydrogen-bond acceptors (Lipinski definition) is 5. The summed E-state index contributed by atoms with van der Waals surface area (Å²) in [4.78, 5) is 28.0. The number of nitrogens with zero attached hydrogens (tertiary/aromatic N) is 4. The molecule has 12 heteroatoms. The van der Waals surface area contributed by atoms with Crippen molar-refractivity contribution in [3.8, 4) is 16.9 Å². The fraction of sp³-hybridized carbons (Fsp3) is 0.452. The van der Waals surface area contributed by atoms with Gasteiger partial charge in [0.2, 0.25) is 0 Å². The molecular weight excluding hydrogens is 585 g/mol. The maximum atomic E-state index is 14.3. The average Bonchev–Trinajstić information content (AvgIpc) is 3.42. The lowest BCUT2D eigenvalue weighted by Gasteiger charge is -2.38. The van der Waals surface area contributed by atoms with Crippen molar-refractivity contribution in [2.45, 2.75) is 43.9 Å². The zero-order valence-corrected chi connectivity index (χ0v) is 25.2. The monoisotopic (exact) mass is 620 g/mol. The van der Waals surface area contributed by atoms with Crippen LogP contribution in [0.2, 0.25) is 5.02 Å². The van der Waals surface area contributed by atoms with E-state index in [1.165, 1.54) is 27.9 Å². The molecule has 1 aliphatic rings. The fourth-order valence-electron chi connectivity index (χ4n) is 5.28. The molecule has 0 unspecified atom stereocenters. The molecule has 3 aromatic rings. The third-order valence-corrected chi connectivity index (χ3v) is 8.11. The van der Waals surface area contributed by atoms with Gasteiger partial charge in [0.25, 0.3) is 17.4 Å². The molecule has 1 aliphatic heterocycles. The van der Waals surface area contributed by atoms with Crippen LogP contribution in [0, 0.1) is 5.92 Å². The van der Waals surface area contributed by atoms with Crippen LogP contribution in [0.4, 0.5) is 13.2 Å². The molecule has 0 aliphatic carbocycles. The Morgan fingerprint density at radius 1 is 1.09 bits per heavy atom. The topological polar surface area (TPSA) is 87.9 Å². The van der Waals surface area contributed by atoms with Crippen LogP contribution in [0.15, 0.2) is 54.9 Å². The molecule has 43 heavy (non-hydrogen) atoms. The number of amides is 2. The van der Waals surface area contributed by atoms with Gasteiger partial charge in [-0.1, -0.05) is 36.2 Å². The maximum Gasteiger partial charge on any atom is 0.430 e. The van der Waals surface area contributed by atoms with E-state index in [1.54, 1.807) is 51.6 Å². The minimum absolute atomic E-state index is 0.136. The van der Waals surface area contributed by atoms with E-state index in [0.717, 1.165) is 30.2 Å². The van der Waals surface area contributed by atoms with Crippen molar-refractivity contribution < 1.29 is 32.6 Å². The van der Waals surface area contributed by atoms with Gasteiger partial charge in [-0.3, -0.25) is 14.3 Å². The van der Waals surface area contributed by atoms with E-state index >= 15 is 0 Å². The summed E-state index contributed by atoms with van der Waals surface area (Å²) >= 11 is 6.23. The third kappa shape index (κ3) is 7.33. The highest BCUT2D eigenvalue weighted by Gasteiger charge is 2.62. The number of unbranched alkanes of at least 4 members (excludes halogenated alkanes) is 1. The first kappa shape index (κ1) is 32.3. The van der Waals surface area contributed by atoms with Gasteiger partial charge in [-0.25, -0.2) is 0 Å². The Kier molecular flexibility index (Phi) is 10.1. The fourth-order valence-corrected chi connectivity index (χ4v) is 5.53. The maximum absolute atomic E-state index is 14.3. The van der Waals surface area contributed by atoms with Crippen molar-refractivity contribution in [3.05, 3.63) is 71.0 Å². The van der Waals surface area contributed by atoms with Gasteiger partial charge >= 0.3 is 6.18 Å². The molecular formula is C31H36ClF3N4O4. The normalized spacial score (nSPS) is 15.7. The summed E-state index contributed by atoms with van der Waals surface area (Å²) in [7, 11) is 4.99. The van der Waals surface area contributed by atoms with Crippen molar-refractivity contribution in [3.63, 3.8) is 0 Å². The Hall–Kier alpha value is -3.57. The van der Waals surface area contributed by atoms with Gasteiger partial charge < -0.3 is 19.6 Å². The molecule has 0 bridgehead atoms. The van der Waals surface area contributed by atoms with Crippen molar-refractivity contribution in [2.24, 2.45) is 13.0 Å². The molecule has 0 spiro atoms. The number of alkyl halides is 3. The Bertz CT molecular complexity index is 1440. The minimum atomic E-state index is -5.21. The van der Waals surface area contributed by atoms with Gasteiger partial charge in [0.1, 0.15) is 5.75 Å². The second kappa shape index (κ2) is 13.4. The minimum Gasteiger partial charge on any atom is -0.494 e. The van der Waals surface area contributed by atoms with Crippen molar-refractivity contribution in [1.82, 2.24) is 19.6 Å². The van der Waals surface area contributed by atoms with Crippen LogP contribution in [-0.2, 0) is 17.4 Å². The van der Waals surface area contributed by atoms with E-state index in [2.05, 4.69) is 5.10 Å². The lowest BCUT2D eigenvalue weighted by atomic mass is 9.87. The van der Waals surface area contributed by atoms with Gasteiger partial charge in [-0.2, -0.15) is 18.3 Å². The lowest BCUT2D eigenvalue weighted by Crippen LogP contribution is -2.57. The summed E-state index contributed by atoms with van der Waals surface area (Å²) in [5, 5.41) is 15.3. The van der Waals surface area contributed by atoms with Gasteiger partial charge in [-0.15, -0.1) is 0 Å². The Labute approximate surface area is 254 Å². The highest BCUT2D eigenvalue weighted by atomic mass is 35.5. The van der Waals surface area contributed by atoms with Crippen LogP contribution < -0.4 is 4.74 Å². The highest BCUT2D eigenvalue weighted by molar-refractivity contribution is 6.34. The summed E-state index contributed by atoms with van der Waals surface area (Å²) in [6.45, 7) is 0.722. The smallest absolute Gasteiger partial charge is 0.430 e. The first-order valence-corrected chi connectivity index (χ1v) is 14.5. The number of likely N-dealkylation sites (tertiary alicyclic amines) is 1. The first-order chi connectivity index (χ1) is 20.3. The number of carbonyl (C=O) groups excluding carboxylic acids is 2. The quantitative estimate of drug-likeness (QED) is 0.295. The number of rotatable bonds is 10. The summed E-state index contributed by atoms with van der Waals surface area (Å²) < 4.78 is 50.3. The van der Waals surface area contributed by atoms with Crippen LogP contribution in [-0.4, -0.2) is 76.5 Å². The molecule has 1 saturated heterocycles. The van der Waals surface area contributed by atoms with E-state index in [-0.39, 0.29) is 24.9 Å². The third-order valence-electron chi connectivity index (χ3n) is 7.79. The highest BCUT2D eigenvalue weighted by Crippen LogP contribution is 2.42. The number of aromatic nitrogens is 2. The van der Waals surface area contributed by atoms with Crippen molar-refractivity contribution >= 4 is 23.4 Å². The molecule has 1 N–H and O–H groups in total. The molecule has 232 valence electrons. The molecule has 0 saturated carbocycles. The largest absolute Gasteiger partial charge is 0.494 e.